The van der Waals surface area contributed by atoms with Gasteiger partial charge in [0, 0.05) is 6.54 Å². The van der Waals surface area contributed by atoms with Gasteiger partial charge in [0.25, 0.3) is 0 Å². The zero-order chi connectivity index (χ0) is 8.39. The number of thiophene rings is 1. The molecule has 2 nitrogen and oxygen atoms in total. The van der Waals surface area contributed by atoms with E-state index in [4.69, 9.17) is 5.11 Å². The van der Waals surface area contributed by atoms with Crippen molar-refractivity contribution in [3.05, 3.63) is 17.5 Å². The number of nitrogens with zero attached hydrogens (tertiary/aromatic N) is 1. The zero-order valence-electron chi connectivity index (χ0n) is 6.94. The standard InChI is InChI=1S/C9H13NOS/c11-7-8-3-1-5-10(8)9-4-2-6-12-9/h2,4,6,8,11H,1,3,5,7H2/t8-/m1/s1. The highest BCUT2D eigenvalue weighted by molar-refractivity contribution is 7.14. The summed E-state index contributed by atoms with van der Waals surface area (Å²) >= 11 is 1.75. The van der Waals surface area contributed by atoms with Crippen LogP contribution in [0.5, 0.6) is 0 Å². The molecule has 1 fully saturated rings. The summed E-state index contributed by atoms with van der Waals surface area (Å²) in [5.74, 6) is 0. The quantitative estimate of drug-likeness (QED) is 0.754. The smallest absolute Gasteiger partial charge is 0.0911 e. The largest absolute Gasteiger partial charge is 0.394 e. The molecule has 66 valence electrons. The average molecular weight is 183 g/mol. The Hall–Kier alpha value is -0.540. The van der Waals surface area contributed by atoms with E-state index in [2.05, 4.69) is 22.4 Å². The molecule has 1 aromatic rings. The molecule has 0 radical (unpaired) electrons. The van der Waals surface area contributed by atoms with Gasteiger partial charge in [-0.3, -0.25) is 0 Å². The van der Waals surface area contributed by atoms with Gasteiger partial charge in [-0.1, -0.05) is 0 Å². The lowest BCUT2D eigenvalue weighted by Gasteiger charge is -2.22. The highest BCUT2D eigenvalue weighted by Crippen LogP contribution is 2.28. The van der Waals surface area contributed by atoms with Crippen LogP contribution < -0.4 is 4.90 Å². The molecule has 1 saturated heterocycles. The van der Waals surface area contributed by atoms with Crippen molar-refractivity contribution in [1.82, 2.24) is 0 Å². The van der Waals surface area contributed by atoms with Crippen LogP contribution in [0.2, 0.25) is 0 Å². The maximum absolute atomic E-state index is 9.10. The Morgan fingerprint density at radius 3 is 3.25 bits per heavy atom. The van der Waals surface area contributed by atoms with Crippen molar-refractivity contribution >= 4 is 16.3 Å². The lowest BCUT2D eigenvalue weighted by Crippen LogP contribution is -2.31. The third kappa shape index (κ3) is 1.34. The van der Waals surface area contributed by atoms with Crippen molar-refractivity contribution < 1.29 is 5.11 Å². The molecule has 0 amide bonds. The molecule has 2 rings (SSSR count). The third-order valence-electron chi connectivity index (χ3n) is 2.38. The number of aliphatic hydroxyl groups excluding tert-OH is 1. The molecule has 0 saturated carbocycles. The van der Waals surface area contributed by atoms with Crippen LogP contribution in [-0.2, 0) is 0 Å². The first kappa shape index (κ1) is 8.08. The van der Waals surface area contributed by atoms with Gasteiger partial charge in [-0.25, -0.2) is 0 Å². The van der Waals surface area contributed by atoms with E-state index in [0.29, 0.717) is 6.04 Å². The SMILES string of the molecule is OC[C@H]1CCCN1c1cccs1. The normalized spacial score (nSPS) is 23.4. The fraction of sp³-hybridized carbons (Fsp3) is 0.556. The van der Waals surface area contributed by atoms with Gasteiger partial charge in [0.1, 0.15) is 0 Å². The van der Waals surface area contributed by atoms with Crippen LogP contribution >= 0.6 is 11.3 Å². The average Bonchev–Trinajstić information content (AvgIpc) is 2.74. The predicted molar refractivity (Wildman–Crippen MR) is 51.8 cm³/mol. The first-order chi connectivity index (χ1) is 5.92. The van der Waals surface area contributed by atoms with Crippen LogP contribution in [0, 0.1) is 0 Å². The van der Waals surface area contributed by atoms with Crippen LogP contribution in [0.15, 0.2) is 17.5 Å². The first-order valence-corrected chi connectivity index (χ1v) is 5.21. The summed E-state index contributed by atoms with van der Waals surface area (Å²) in [4.78, 5) is 2.31. The minimum Gasteiger partial charge on any atom is -0.394 e. The van der Waals surface area contributed by atoms with Gasteiger partial charge in [-0.15, -0.1) is 11.3 Å². The van der Waals surface area contributed by atoms with Gasteiger partial charge >= 0.3 is 0 Å². The molecule has 0 aliphatic carbocycles. The molecule has 1 N–H and O–H groups in total. The van der Waals surface area contributed by atoms with Crippen molar-refractivity contribution in [3.63, 3.8) is 0 Å². The number of hydrogen-bond donors (Lipinski definition) is 1. The summed E-state index contributed by atoms with van der Waals surface area (Å²) in [5, 5.41) is 12.5. The molecular formula is C9H13NOS. The molecule has 2 heterocycles. The lowest BCUT2D eigenvalue weighted by molar-refractivity contribution is 0.266. The first-order valence-electron chi connectivity index (χ1n) is 4.33. The van der Waals surface area contributed by atoms with E-state index in [-0.39, 0.29) is 6.61 Å². The third-order valence-corrected chi connectivity index (χ3v) is 3.28. The van der Waals surface area contributed by atoms with E-state index < -0.39 is 0 Å². The zero-order valence-corrected chi connectivity index (χ0v) is 7.76. The fourth-order valence-corrected chi connectivity index (χ4v) is 2.58. The van der Waals surface area contributed by atoms with E-state index in [0.717, 1.165) is 13.0 Å². The van der Waals surface area contributed by atoms with Crippen molar-refractivity contribution in [2.45, 2.75) is 18.9 Å². The molecule has 0 aromatic carbocycles. The monoisotopic (exact) mass is 183 g/mol. The van der Waals surface area contributed by atoms with Crippen molar-refractivity contribution in [1.29, 1.82) is 0 Å². The van der Waals surface area contributed by atoms with E-state index in [1.54, 1.807) is 11.3 Å². The highest BCUT2D eigenvalue weighted by Gasteiger charge is 2.23. The number of hydrogen-bond acceptors (Lipinski definition) is 3. The van der Waals surface area contributed by atoms with Crippen LogP contribution in [0.3, 0.4) is 0 Å². The Balaban J connectivity index is 2.13. The van der Waals surface area contributed by atoms with Crippen molar-refractivity contribution in [2.75, 3.05) is 18.1 Å². The number of rotatable bonds is 2. The van der Waals surface area contributed by atoms with Gasteiger partial charge in [0.2, 0.25) is 0 Å². The Morgan fingerprint density at radius 1 is 1.67 bits per heavy atom. The van der Waals surface area contributed by atoms with E-state index in [1.165, 1.54) is 11.4 Å². The predicted octanol–water partition coefficient (Wildman–Crippen LogP) is 1.71. The summed E-state index contributed by atoms with van der Waals surface area (Å²) < 4.78 is 0. The molecule has 1 aromatic heterocycles. The second kappa shape index (κ2) is 3.46. The maximum atomic E-state index is 9.10. The van der Waals surface area contributed by atoms with Gasteiger partial charge in [0.05, 0.1) is 17.6 Å². The number of aliphatic hydroxyl groups is 1. The van der Waals surface area contributed by atoms with Gasteiger partial charge in [0.15, 0.2) is 0 Å². The van der Waals surface area contributed by atoms with Crippen molar-refractivity contribution in [3.8, 4) is 0 Å². The Bertz CT molecular complexity index is 235. The maximum Gasteiger partial charge on any atom is 0.0911 e. The van der Waals surface area contributed by atoms with E-state index in [9.17, 15) is 0 Å². The molecule has 0 unspecified atom stereocenters. The highest BCUT2D eigenvalue weighted by atomic mass is 32.1. The topological polar surface area (TPSA) is 23.5 Å². The summed E-state index contributed by atoms with van der Waals surface area (Å²) in [6, 6.07) is 4.55. The summed E-state index contributed by atoms with van der Waals surface area (Å²) in [5.41, 5.74) is 0. The van der Waals surface area contributed by atoms with Gasteiger partial charge < -0.3 is 10.0 Å². The second-order valence-corrected chi connectivity index (χ2v) is 4.05. The van der Waals surface area contributed by atoms with Crippen molar-refractivity contribution in [2.24, 2.45) is 0 Å². The van der Waals surface area contributed by atoms with Crippen LogP contribution in [-0.4, -0.2) is 24.3 Å². The van der Waals surface area contributed by atoms with E-state index >= 15 is 0 Å². The summed E-state index contributed by atoms with van der Waals surface area (Å²) in [6.07, 6.45) is 2.34. The minimum absolute atomic E-state index is 0.290. The van der Waals surface area contributed by atoms with E-state index in [1.807, 2.05) is 0 Å². The molecule has 1 aliphatic rings. The van der Waals surface area contributed by atoms with Crippen LogP contribution in [0.1, 0.15) is 12.8 Å². The molecule has 3 heteroatoms. The summed E-state index contributed by atoms with van der Waals surface area (Å²) in [6.45, 7) is 1.39. The molecule has 0 spiro atoms. The molecule has 0 bridgehead atoms. The van der Waals surface area contributed by atoms with Crippen LogP contribution in [0.25, 0.3) is 0 Å². The molecule has 1 atom stereocenters. The molecule has 1 aliphatic heterocycles. The van der Waals surface area contributed by atoms with Crippen LogP contribution in [0.4, 0.5) is 5.00 Å². The molecule has 12 heavy (non-hydrogen) atoms. The fourth-order valence-electron chi connectivity index (χ4n) is 1.75. The summed E-state index contributed by atoms with van der Waals surface area (Å²) in [7, 11) is 0. The number of anilines is 1. The molecular weight excluding hydrogens is 170 g/mol. The second-order valence-electron chi connectivity index (χ2n) is 3.12. The van der Waals surface area contributed by atoms with Gasteiger partial charge in [-0.05, 0) is 30.4 Å². The minimum atomic E-state index is 0.290. The van der Waals surface area contributed by atoms with Gasteiger partial charge in [-0.2, -0.15) is 0 Å². The Morgan fingerprint density at radius 2 is 2.58 bits per heavy atom. The lowest BCUT2D eigenvalue weighted by atomic mass is 10.2. The Labute approximate surface area is 76.4 Å². The Kier molecular flexibility index (Phi) is 2.33.